The molecule has 4 nitrogen and oxygen atoms in total. The zero-order chi connectivity index (χ0) is 15.1. The maximum atomic E-state index is 7.00. The van der Waals surface area contributed by atoms with Gasteiger partial charge in [0.25, 0.3) is 0 Å². The van der Waals surface area contributed by atoms with E-state index >= 15 is 0 Å². The number of thioether (sulfide) groups is 2. The Labute approximate surface area is 121 Å². The molecule has 0 saturated carbocycles. The summed E-state index contributed by atoms with van der Waals surface area (Å²) in [4.78, 5) is 18.5. The largest absolute Gasteiger partial charge is 0.306 e. The lowest BCUT2D eigenvalue weighted by Gasteiger charge is -2.17. The zero-order valence-corrected chi connectivity index (χ0v) is 14.7. The molecule has 0 bridgehead atoms. The van der Waals surface area contributed by atoms with E-state index in [9.17, 15) is 0 Å². The summed E-state index contributed by atoms with van der Waals surface area (Å²) in [5.41, 5.74) is 0. The van der Waals surface area contributed by atoms with Crippen molar-refractivity contribution in [1.82, 2.24) is 9.80 Å². The third kappa shape index (κ3) is 18.6. The molecular weight excluding hydrogens is 268 g/mol. The summed E-state index contributed by atoms with van der Waals surface area (Å²) in [5, 5.41) is 0. The summed E-state index contributed by atoms with van der Waals surface area (Å²) >= 11 is 3.79. The number of hydrogen-bond donors (Lipinski definition) is 0. The molecular formula is C12H30N2O2S2. The van der Waals surface area contributed by atoms with Crippen LogP contribution in [0.25, 0.3) is 0 Å². The fraction of sp³-hybridized carbons (Fsp3) is 1.00. The van der Waals surface area contributed by atoms with Gasteiger partial charge < -0.3 is 9.80 Å². The van der Waals surface area contributed by atoms with Gasteiger partial charge in [0.1, 0.15) is 0 Å². The molecule has 2 atom stereocenters. The third-order valence-electron chi connectivity index (χ3n) is 2.58. The molecule has 0 aromatic carbocycles. The summed E-state index contributed by atoms with van der Waals surface area (Å²) in [7, 11) is 8.45. The first-order valence-corrected chi connectivity index (χ1v) is 8.62. The Morgan fingerprint density at radius 3 is 1.06 bits per heavy atom. The van der Waals surface area contributed by atoms with Crippen molar-refractivity contribution in [1.29, 1.82) is 0 Å². The third-order valence-corrected chi connectivity index (χ3v) is 4.21. The van der Waals surface area contributed by atoms with E-state index in [-0.39, 0.29) is 0 Å². The number of hydrogen-bond acceptors (Lipinski definition) is 6. The Balaban J connectivity index is -0.000000219. The van der Waals surface area contributed by atoms with Crippen LogP contribution in [0.3, 0.4) is 0 Å². The van der Waals surface area contributed by atoms with E-state index in [1.165, 1.54) is 11.5 Å². The quantitative estimate of drug-likeness (QED) is 0.751. The van der Waals surface area contributed by atoms with Crippen LogP contribution in [0.2, 0.25) is 0 Å². The Morgan fingerprint density at radius 2 is 1.00 bits per heavy atom. The Bertz CT molecular complexity index is 145. The van der Waals surface area contributed by atoms with E-state index in [0.29, 0.717) is 12.1 Å². The van der Waals surface area contributed by atoms with Gasteiger partial charge in [0.15, 0.2) is 0 Å². The van der Waals surface area contributed by atoms with Crippen LogP contribution in [0.5, 0.6) is 0 Å². The highest BCUT2D eigenvalue weighted by Gasteiger charge is 2.00. The van der Waals surface area contributed by atoms with Gasteiger partial charge in [-0.15, -0.1) is 0 Å². The predicted octanol–water partition coefficient (Wildman–Crippen LogP) is 2.67. The first-order chi connectivity index (χ1) is 8.36. The second-order valence-corrected chi connectivity index (χ2v) is 6.36. The van der Waals surface area contributed by atoms with Gasteiger partial charge in [-0.05, 0) is 54.5 Å². The maximum absolute atomic E-state index is 7.00. The molecule has 0 N–H and O–H groups in total. The molecule has 18 heavy (non-hydrogen) atoms. The summed E-state index contributed by atoms with van der Waals surface area (Å²) in [6.07, 6.45) is 4.28. The van der Waals surface area contributed by atoms with Gasteiger partial charge in [-0.25, -0.2) is 0 Å². The van der Waals surface area contributed by atoms with Crippen LogP contribution >= 0.6 is 23.5 Å². The minimum atomic E-state index is 0.713. The summed E-state index contributed by atoms with van der Waals surface area (Å²) < 4.78 is 0. The van der Waals surface area contributed by atoms with E-state index in [1.807, 2.05) is 23.5 Å². The van der Waals surface area contributed by atoms with Gasteiger partial charge in [-0.2, -0.15) is 23.5 Å². The van der Waals surface area contributed by atoms with Gasteiger partial charge in [0.2, 0.25) is 0 Å². The van der Waals surface area contributed by atoms with Crippen LogP contribution in [0.15, 0.2) is 0 Å². The van der Waals surface area contributed by atoms with Gasteiger partial charge >= 0.3 is 0 Å². The predicted molar refractivity (Wildman–Crippen MR) is 89.8 cm³/mol. The molecule has 0 unspecified atom stereocenters. The van der Waals surface area contributed by atoms with Crippen molar-refractivity contribution < 1.29 is 0 Å². The molecule has 0 rings (SSSR count). The Kier molecular flexibility index (Phi) is 22.3. The lowest BCUT2D eigenvalue weighted by atomic mass is 10.4. The van der Waals surface area contributed by atoms with Gasteiger partial charge in [-0.1, -0.05) is 0 Å². The van der Waals surface area contributed by atoms with Crippen LogP contribution in [-0.2, 0) is 0 Å². The lowest BCUT2D eigenvalue weighted by Crippen LogP contribution is -2.26. The average Bonchev–Trinajstić information content (AvgIpc) is 2.33. The van der Waals surface area contributed by atoms with Crippen LogP contribution in [0.4, 0.5) is 0 Å². The fourth-order valence-electron chi connectivity index (χ4n) is 0.781. The molecule has 0 saturated heterocycles. The summed E-state index contributed by atoms with van der Waals surface area (Å²) in [6, 6.07) is 1.43. The molecule has 0 aliphatic carbocycles. The van der Waals surface area contributed by atoms with Crippen molar-refractivity contribution >= 4 is 23.5 Å². The molecule has 112 valence electrons. The second kappa shape index (κ2) is 17.2. The van der Waals surface area contributed by atoms with Crippen LogP contribution in [0.1, 0.15) is 13.8 Å². The zero-order valence-electron chi connectivity index (χ0n) is 13.1. The van der Waals surface area contributed by atoms with E-state index in [2.05, 4.69) is 64.3 Å². The van der Waals surface area contributed by atoms with E-state index in [4.69, 9.17) is 9.93 Å². The smallest absolute Gasteiger partial charge is 0.0151 e. The highest BCUT2D eigenvalue weighted by Crippen LogP contribution is 2.00. The molecule has 0 heterocycles. The summed E-state index contributed by atoms with van der Waals surface area (Å²) in [6.45, 7) is 4.47. The molecule has 0 amide bonds. The second-order valence-electron chi connectivity index (χ2n) is 4.54. The van der Waals surface area contributed by atoms with E-state index < -0.39 is 0 Å². The number of rotatable bonds is 6. The molecule has 0 spiro atoms. The van der Waals surface area contributed by atoms with Crippen molar-refractivity contribution in [2.75, 3.05) is 52.2 Å². The summed E-state index contributed by atoms with van der Waals surface area (Å²) in [5.74, 6) is 2.46. The van der Waals surface area contributed by atoms with E-state index in [1.54, 1.807) is 0 Å². The van der Waals surface area contributed by atoms with Crippen LogP contribution in [-0.4, -0.2) is 74.1 Å². The van der Waals surface area contributed by atoms with Crippen LogP contribution in [0, 0.1) is 9.93 Å². The number of nitrogens with zero attached hydrogens (tertiary/aromatic N) is 2. The molecule has 0 fully saturated rings. The minimum Gasteiger partial charge on any atom is -0.306 e. The first-order valence-electron chi connectivity index (χ1n) is 5.84. The highest BCUT2D eigenvalue weighted by atomic mass is 32.2. The highest BCUT2D eigenvalue weighted by molar-refractivity contribution is 7.98. The maximum Gasteiger partial charge on any atom is 0.0151 e. The van der Waals surface area contributed by atoms with Crippen molar-refractivity contribution in [3.8, 4) is 0 Å². The SMILES string of the molecule is CSC[C@@H](C)N(C)C.CSC[C@@H](C)N(C)C.O=O. The minimum absolute atomic E-state index is 0.713. The van der Waals surface area contributed by atoms with Crippen LogP contribution < -0.4 is 0 Å². The van der Waals surface area contributed by atoms with Gasteiger partial charge in [0.05, 0.1) is 0 Å². The standard InChI is InChI=1S/2C6H15NS.O2/c2*1-6(5-8-4)7(2)3;1-2/h2*6H,5H2,1-4H3;/t2*6-;/m11./s1. The first kappa shape index (κ1) is 23.3. The molecule has 0 aromatic heterocycles. The average molecular weight is 299 g/mol. The van der Waals surface area contributed by atoms with Gasteiger partial charge in [0, 0.05) is 33.5 Å². The Morgan fingerprint density at radius 1 is 0.778 bits per heavy atom. The van der Waals surface area contributed by atoms with Crippen molar-refractivity contribution in [2.24, 2.45) is 0 Å². The molecule has 0 aliphatic rings. The molecule has 6 heteroatoms. The fourth-order valence-corrected chi connectivity index (χ4v) is 2.34. The van der Waals surface area contributed by atoms with Crippen molar-refractivity contribution in [3.05, 3.63) is 9.93 Å². The monoisotopic (exact) mass is 298 g/mol. The molecule has 0 aromatic rings. The van der Waals surface area contributed by atoms with Crippen molar-refractivity contribution in [2.45, 2.75) is 25.9 Å². The normalized spacial score (nSPS) is 13.2. The topological polar surface area (TPSA) is 40.6 Å². The Hall–Kier alpha value is 0.220. The lowest BCUT2D eigenvalue weighted by molar-refractivity contribution is 0.340. The molecule has 0 radical (unpaired) electrons. The van der Waals surface area contributed by atoms with Gasteiger partial charge in [-0.3, -0.25) is 0 Å². The van der Waals surface area contributed by atoms with E-state index in [0.717, 1.165) is 0 Å². The van der Waals surface area contributed by atoms with Crippen molar-refractivity contribution in [3.63, 3.8) is 0 Å². The molecule has 0 aliphatic heterocycles.